The summed E-state index contributed by atoms with van der Waals surface area (Å²) in [5.41, 5.74) is 0. The number of carbonyl (C=O) groups is 2. The van der Waals surface area contributed by atoms with Crippen molar-refractivity contribution in [1.82, 2.24) is 9.80 Å². The van der Waals surface area contributed by atoms with E-state index < -0.39 is 0 Å². The Bertz CT molecular complexity index is 369. The summed E-state index contributed by atoms with van der Waals surface area (Å²) in [5, 5.41) is 0. The molecule has 0 spiro atoms. The van der Waals surface area contributed by atoms with E-state index in [1.165, 1.54) is 4.90 Å². The summed E-state index contributed by atoms with van der Waals surface area (Å²) in [6, 6.07) is -0.321. The Morgan fingerprint density at radius 3 is 2.71 bits per heavy atom. The van der Waals surface area contributed by atoms with Crippen molar-refractivity contribution < 1.29 is 19.1 Å². The molecule has 2 rings (SSSR count). The van der Waals surface area contributed by atoms with Crippen LogP contribution in [0.25, 0.3) is 0 Å². The highest BCUT2D eigenvalue weighted by molar-refractivity contribution is 6.05. The highest BCUT2D eigenvalue weighted by Gasteiger charge is 2.39. The van der Waals surface area contributed by atoms with E-state index in [-0.39, 0.29) is 30.6 Å². The van der Waals surface area contributed by atoms with E-state index in [1.54, 1.807) is 7.05 Å². The van der Waals surface area contributed by atoms with Gasteiger partial charge in [-0.1, -0.05) is 6.92 Å². The van der Waals surface area contributed by atoms with Crippen LogP contribution in [0.5, 0.6) is 0 Å². The van der Waals surface area contributed by atoms with Crippen LogP contribution in [0.15, 0.2) is 0 Å². The van der Waals surface area contributed by atoms with Gasteiger partial charge in [0.25, 0.3) is 0 Å². The van der Waals surface area contributed by atoms with Crippen LogP contribution < -0.4 is 0 Å². The molecule has 0 saturated carbocycles. The Balaban J connectivity index is 1.81. The number of carbonyl (C=O) groups excluding carboxylic acids is 2. The third kappa shape index (κ3) is 4.25. The molecule has 2 atom stereocenters. The van der Waals surface area contributed by atoms with Crippen molar-refractivity contribution in [2.45, 2.75) is 51.4 Å². The van der Waals surface area contributed by atoms with Gasteiger partial charge < -0.3 is 9.47 Å². The average Bonchev–Trinajstić information content (AvgIpc) is 2.75. The Morgan fingerprint density at radius 1 is 1.33 bits per heavy atom. The molecule has 2 amide bonds. The van der Waals surface area contributed by atoms with E-state index in [1.807, 2.05) is 0 Å². The molecule has 0 aromatic heterocycles. The summed E-state index contributed by atoms with van der Waals surface area (Å²) in [7, 11) is 1.56. The SMILES string of the molecule is CCCN(CCO[C@@H]1CCCCO1)[C@@H]1CC(=O)N(C)C1=O. The quantitative estimate of drug-likeness (QED) is 0.656. The zero-order chi connectivity index (χ0) is 15.2. The third-order valence-electron chi connectivity index (χ3n) is 4.13. The Kier molecular flexibility index (Phi) is 6.14. The molecule has 120 valence electrons. The number of likely N-dealkylation sites (N-methyl/N-ethyl adjacent to an activating group) is 1. The smallest absolute Gasteiger partial charge is 0.246 e. The lowest BCUT2D eigenvalue weighted by molar-refractivity contribution is -0.165. The zero-order valence-corrected chi connectivity index (χ0v) is 13.0. The van der Waals surface area contributed by atoms with Gasteiger partial charge in [0.05, 0.1) is 19.1 Å². The highest BCUT2D eigenvalue weighted by atomic mass is 16.7. The molecule has 2 heterocycles. The van der Waals surface area contributed by atoms with Crippen LogP contribution in [0.3, 0.4) is 0 Å². The standard InChI is InChI=1S/C15H26N2O4/c1-3-7-17(12-11-13(18)16(2)15(12)19)8-10-21-14-6-4-5-9-20-14/h12,14H,3-11H2,1-2H3/t12-,14-/m1/s1. The Morgan fingerprint density at radius 2 is 2.14 bits per heavy atom. The molecule has 0 bridgehead atoms. The predicted molar refractivity (Wildman–Crippen MR) is 77.6 cm³/mol. The normalized spacial score (nSPS) is 26.9. The molecular formula is C15H26N2O4. The Labute approximate surface area is 126 Å². The van der Waals surface area contributed by atoms with Crippen LogP contribution >= 0.6 is 0 Å². The maximum absolute atomic E-state index is 12.1. The van der Waals surface area contributed by atoms with Crippen molar-refractivity contribution in [3.05, 3.63) is 0 Å². The molecule has 6 heteroatoms. The first-order valence-electron chi connectivity index (χ1n) is 7.91. The molecule has 0 aromatic carbocycles. The zero-order valence-electron chi connectivity index (χ0n) is 13.0. The van der Waals surface area contributed by atoms with Gasteiger partial charge >= 0.3 is 0 Å². The fraction of sp³-hybridized carbons (Fsp3) is 0.867. The Hall–Kier alpha value is -0.980. The van der Waals surface area contributed by atoms with Crippen molar-refractivity contribution in [3.63, 3.8) is 0 Å². The highest BCUT2D eigenvalue weighted by Crippen LogP contribution is 2.18. The first-order valence-corrected chi connectivity index (χ1v) is 7.91. The minimum absolute atomic E-state index is 0.0948. The van der Waals surface area contributed by atoms with Crippen LogP contribution in [-0.4, -0.2) is 67.3 Å². The van der Waals surface area contributed by atoms with Gasteiger partial charge in [0.1, 0.15) is 0 Å². The van der Waals surface area contributed by atoms with E-state index in [0.717, 1.165) is 38.8 Å². The largest absolute Gasteiger partial charge is 0.353 e. The fourth-order valence-electron chi connectivity index (χ4n) is 2.88. The average molecular weight is 298 g/mol. The molecule has 0 unspecified atom stereocenters. The molecule has 6 nitrogen and oxygen atoms in total. The van der Waals surface area contributed by atoms with Gasteiger partial charge in [-0.05, 0) is 32.2 Å². The number of likely N-dealkylation sites (tertiary alicyclic amines) is 1. The van der Waals surface area contributed by atoms with Crippen molar-refractivity contribution in [2.24, 2.45) is 0 Å². The summed E-state index contributed by atoms with van der Waals surface area (Å²) < 4.78 is 11.3. The maximum Gasteiger partial charge on any atom is 0.246 e. The minimum Gasteiger partial charge on any atom is -0.353 e. The number of nitrogens with zero attached hydrogens (tertiary/aromatic N) is 2. The minimum atomic E-state index is -0.321. The molecule has 2 fully saturated rings. The summed E-state index contributed by atoms with van der Waals surface area (Å²) >= 11 is 0. The van der Waals surface area contributed by atoms with Gasteiger partial charge in [-0.3, -0.25) is 19.4 Å². The van der Waals surface area contributed by atoms with Crippen molar-refractivity contribution >= 4 is 11.8 Å². The van der Waals surface area contributed by atoms with E-state index in [9.17, 15) is 9.59 Å². The van der Waals surface area contributed by atoms with Gasteiger partial charge in [0.2, 0.25) is 11.8 Å². The molecule has 0 aromatic rings. The number of hydrogen-bond acceptors (Lipinski definition) is 5. The molecule has 21 heavy (non-hydrogen) atoms. The van der Waals surface area contributed by atoms with E-state index in [0.29, 0.717) is 13.2 Å². The number of ether oxygens (including phenoxy) is 2. The lowest BCUT2D eigenvalue weighted by atomic mass is 10.2. The van der Waals surface area contributed by atoms with Crippen molar-refractivity contribution in [2.75, 3.05) is 33.4 Å². The molecule has 0 N–H and O–H groups in total. The molecule has 0 radical (unpaired) electrons. The number of hydrogen-bond donors (Lipinski definition) is 0. The fourth-order valence-corrected chi connectivity index (χ4v) is 2.88. The molecule has 0 aliphatic carbocycles. The van der Waals surface area contributed by atoms with E-state index in [4.69, 9.17) is 9.47 Å². The van der Waals surface area contributed by atoms with Crippen LogP contribution in [0.4, 0.5) is 0 Å². The molecular weight excluding hydrogens is 272 g/mol. The summed E-state index contributed by atoms with van der Waals surface area (Å²) in [6.07, 6.45) is 4.32. The number of amides is 2. The van der Waals surface area contributed by atoms with E-state index >= 15 is 0 Å². The molecule has 2 saturated heterocycles. The summed E-state index contributed by atoms with van der Waals surface area (Å²) in [6.45, 7) is 4.83. The van der Waals surface area contributed by atoms with Crippen LogP contribution in [0, 0.1) is 0 Å². The van der Waals surface area contributed by atoms with Gasteiger partial charge in [-0.15, -0.1) is 0 Å². The monoisotopic (exact) mass is 298 g/mol. The lowest BCUT2D eigenvalue weighted by Crippen LogP contribution is -2.43. The second-order valence-electron chi connectivity index (χ2n) is 5.71. The van der Waals surface area contributed by atoms with Gasteiger partial charge in [-0.25, -0.2) is 0 Å². The number of imide groups is 1. The number of rotatable bonds is 7. The van der Waals surface area contributed by atoms with Gasteiger partial charge in [-0.2, -0.15) is 0 Å². The maximum atomic E-state index is 12.1. The first-order chi connectivity index (χ1) is 10.1. The summed E-state index contributed by atoms with van der Waals surface area (Å²) in [5.74, 6) is -0.190. The molecule has 2 aliphatic heterocycles. The van der Waals surface area contributed by atoms with Gasteiger partial charge in [0, 0.05) is 20.2 Å². The first kappa shape index (κ1) is 16.4. The van der Waals surface area contributed by atoms with E-state index in [2.05, 4.69) is 11.8 Å². The van der Waals surface area contributed by atoms with Crippen LogP contribution in [-0.2, 0) is 19.1 Å². The second kappa shape index (κ2) is 7.87. The van der Waals surface area contributed by atoms with Crippen LogP contribution in [0.1, 0.15) is 39.0 Å². The van der Waals surface area contributed by atoms with Crippen LogP contribution in [0.2, 0.25) is 0 Å². The third-order valence-corrected chi connectivity index (χ3v) is 4.13. The topological polar surface area (TPSA) is 59.1 Å². The van der Waals surface area contributed by atoms with Crippen molar-refractivity contribution in [3.8, 4) is 0 Å². The predicted octanol–water partition coefficient (Wildman–Crippen LogP) is 0.999. The second-order valence-corrected chi connectivity index (χ2v) is 5.71. The van der Waals surface area contributed by atoms with Gasteiger partial charge in [0.15, 0.2) is 6.29 Å². The van der Waals surface area contributed by atoms with Crippen molar-refractivity contribution in [1.29, 1.82) is 0 Å². The molecule has 2 aliphatic rings. The lowest BCUT2D eigenvalue weighted by Gasteiger charge is -2.28. The summed E-state index contributed by atoms with van der Waals surface area (Å²) in [4.78, 5) is 27.0.